The molecule has 2 saturated heterocycles. The van der Waals surface area contributed by atoms with Crippen molar-refractivity contribution in [3.63, 3.8) is 0 Å². The molecule has 2 aliphatic rings. The Bertz CT molecular complexity index is 1170. The highest BCUT2D eigenvalue weighted by Crippen LogP contribution is 2.31. The number of benzene rings is 1. The molecule has 0 spiro atoms. The van der Waals surface area contributed by atoms with E-state index in [1.54, 1.807) is 57.3 Å². The maximum atomic E-state index is 12.8. The molecule has 2 fully saturated rings. The van der Waals surface area contributed by atoms with E-state index < -0.39 is 5.60 Å². The summed E-state index contributed by atoms with van der Waals surface area (Å²) in [6.07, 6.45) is 6.05. The second kappa shape index (κ2) is 12.1. The second-order valence-electron chi connectivity index (χ2n) is 9.34. The van der Waals surface area contributed by atoms with Gasteiger partial charge >= 0.3 is 0 Å². The number of hydrogen-bond donors (Lipinski definition) is 1. The number of carbonyl (C=O) groups excluding carboxylic acids is 3. The van der Waals surface area contributed by atoms with Gasteiger partial charge in [-0.15, -0.1) is 0 Å². The van der Waals surface area contributed by atoms with Gasteiger partial charge in [0.2, 0.25) is 17.7 Å². The molecule has 1 aromatic heterocycles. The van der Waals surface area contributed by atoms with E-state index in [0.717, 1.165) is 5.56 Å². The van der Waals surface area contributed by atoms with Crippen LogP contribution in [-0.2, 0) is 20.0 Å². The molecule has 3 heterocycles. The topological polar surface area (TPSA) is 94.1 Å². The number of nitrogens with zero attached hydrogens (tertiary/aromatic N) is 4. The normalized spacial score (nSPS) is 18.2. The summed E-state index contributed by atoms with van der Waals surface area (Å²) in [6.45, 7) is 2.27. The number of amides is 3. The van der Waals surface area contributed by atoms with Crippen LogP contribution < -0.4 is 0 Å². The summed E-state index contributed by atoms with van der Waals surface area (Å²) >= 11 is 12.0. The highest BCUT2D eigenvalue weighted by molar-refractivity contribution is 6.42. The lowest BCUT2D eigenvalue weighted by molar-refractivity contribution is -0.137. The fourth-order valence-corrected chi connectivity index (χ4v) is 4.93. The molecular weight excluding hydrogens is 515 g/mol. The van der Waals surface area contributed by atoms with Gasteiger partial charge in [-0.05, 0) is 48.7 Å². The van der Waals surface area contributed by atoms with Crippen molar-refractivity contribution in [3.8, 4) is 0 Å². The maximum Gasteiger partial charge on any atom is 0.246 e. The Balaban J connectivity index is 1.24. The van der Waals surface area contributed by atoms with Gasteiger partial charge in [0.05, 0.1) is 15.7 Å². The number of likely N-dealkylation sites (tertiary alicyclic amines) is 1. The monoisotopic (exact) mass is 544 g/mol. The summed E-state index contributed by atoms with van der Waals surface area (Å²) in [5.41, 5.74) is 0.358. The van der Waals surface area contributed by atoms with Crippen LogP contribution in [0.2, 0.25) is 10.0 Å². The minimum absolute atomic E-state index is 0.0439. The van der Waals surface area contributed by atoms with Gasteiger partial charge in [-0.25, -0.2) is 0 Å². The Labute approximate surface area is 226 Å². The van der Waals surface area contributed by atoms with Gasteiger partial charge in [0, 0.05) is 64.4 Å². The summed E-state index contributed by atoms with van der Waals surface area (Å²) < 4.78 is 0. The summed E-state index contributed by atoms with van der Waals surface area (Å²) in [4.78, 5) is 47.4. The largest absolute Gasteiger partial charge is 0.383 e. The molecule has 0 saturated carbocycles. The van der Waals surface area contributed by atoms with E-state index in [4.69, 9.17) is 23.2 Å². The predicted molar refractivity (Wildman–Crippen MR) is 142 cm³/mol. The van der Waals surface area contributed by atoms with Crippen LogP contribution in [0.15, 0.2) is 48.7 Å². The van der Waals surface area contributed by atoms with Crippen molar-refractivity contribution in [1.29, 1.82) is 0 Å². The first-order valence-corrected chi connectivity index (χ1v) is 13.1. The molecule has 0 aliphatic carbocycles. The van der Waals surface area contributed by atoms with Crippen molar-refractivity contribution in [3.05, 3.63) is 70.0 Å². The van der Waals surface area contributed by atoms with Crippen molar-refractivity contribution >= 4 is 47.0 Å². The van der Waals surface area contributed by atoms with Crippen LogP contribution in [-0.4, -0.2) is 81.8 Å². The summed E-state index contributed by atoms with van der Waals surface area (Å²) in [5.74, 6) is -0.303. The van der Waals surface area contributed by atoms with Gasteiger partial charge in [0.1, 0.15) is 5.60 Å². The van der Waals surface area contributed by atoms with Crippen LogP contribution in [0, 0.1) is 0 Å². The summed E-state index contributed by atoms with van der Waals surface area (Å²) in [5, 5.41) is 11.8. The quantitative estimate of drug-likeness (QED) is 0.562. The van der Waals surface area contributed by atoms with Gasteiger partial charge in [0.25, 0.3) is 0 Å². The lowest BCUT2D eigenvalue weighted by Crippen LogP contribution is -2.46. The molecule has 8 nitrogen and oxygen atoms in total. The van der Waals surface area contributed by atoms with Gasteiger partial charge < -0.3 is 19.8 Å². The fraction of sp³-hybridized carbons (Fsp3) is 0.407. The lowest BCUT2D eigenvalue weighted by Gasteiger charge is -2.38. The first-order chi connectivity index (χ1) is 17.7. The third-order valence-corrected chi connectivity index (χ3v) is 7.68. The molecular formula is C27H30Cl2N4O4. The first kappa shape index (κ1) is 27.1. The SMILES string of the molecule is O=C(C=Cc1ccc(Cl)c(Cl)c1)N1CCC(=O)N(CCC(=O)N2CCC(O)(c3ccccn3)CC2)CC1. The summed E-state index contributed by atoms with van der Waals surface area (Å²) in [7, 11) is 0. The highest BCUT2D eigenvalue weighted by atomic mass is 35.5. The van der Waals surface area contributed by atoms with E-state index in [0.29, 0.717) is 67.8 Å². The average molecular weight is 545 g/mol. The van der Waals surface area contributed by atoms with Gasteiger partial charge in [-0.2, -0.15) is 0 Å². The molecule has 0 radical (unpaired) electrons. The van der Waals surface area contributed by atoms with Crippen molar-refractivity contribution < 1.29 is 19.5 Å². The lowest BCUT2D eigenvalue weighted by atomic mass is 9.87. The van der Waals surface area contributed by atoms with Crippen LogP contribution in [0.4, 0.5) is 0 Å². The molecule has 10 heteroatoms. The number of piperidine rings is 1. The molecule has 1 aromatic carbocycles. The number of hydrogen-bond acceptors (Lipinski definition) is 5. The molecule has 196 valence electrons. The zero-order valence-electron chi connectivity index (χ0n) is 20.5. The van der Waals surface area contributed by atoms with Gasteiger partial charge in [0.15, 0.2) is 0 Å². The smallest absolute Gasteiger partial charge is 0.246 e. The minimum Gasteiger partial charge on any atom is -0.383 e. The first-order valence-electron chi connectivity index (χ1n) is 12.4. The Morgan fingerprint density at radius 2 is 1.78 bits per heavy atom. The Hall–Kier alpha value is -2.94. The van der Waals surface area contributed by atoms with E-state index in [1.807, 2.05) is 6.07 Å². The molecule has 0 unspecified atom stereocenters. The number of aromatic nitrogens is 1. The van der Waals surface area contributed by atoms with Crippen LogP contribution in [0.25, 0.3) is 6.08 Å². The van der Waals surface area contributed by atoms with E-state index in [1.165, 1.54) is 6.08 Å². The minimum atomic E-state index is -1.02. The number of halogens is 2. The number of aliphatic hydroxyl groups is 1. The molecule has 0 atom stereocenters. The number of carbonyl (C=O) groups is 3. The number of rotatable bonds is 6. The van der Waals surface area contributed by atoms with Crippen molar-refractivity contribution in [2.75, 3.05) is 39.3 Å². The fourth-order valence-electron chi connectivity index (χ4n) is 4.62. The van der Waals surface area contributed by atoms with Crippen LogP contribution >= 0.6 is 23.2 Å². The van der Waals surface area contributed by atoms with Crippen molar-refractivity contribution in [2.45, 2.75) is 31.3 Å². The second-order valence-corrected chi connectivity index (χ2v) is 10.2. The van der Waals surface area contributed by atoms with Crippen molar-refractivity contribution in [2.24, 2.45) is 0 Å². The Morgan fingerprint density at radius 1 is 1.00 bits per heavy atom. The Morgan fingerprint density at radius 3 is 2.49 bits per heavy atom. The summed E-state index contributed by atoms with van der Waals surface area (Å²) in [6, 6.07) is 10.6. The Kier molecular flexibility index (Phi) is 8.84. The molecule has 1 N–H and O–H groups in total. The van der Waals surface area contributed by atoms with Gasteiger partial charge in [-0.3, -0.25) is 19.4 Å². The zero-order chi connectivity index (χ0) is 26.4. The molecule has 2 aliphatic heterocycles. The van der Waals surface area contributed by atoms with E-state index in [2.05, 4.69) is 4.98 Å². The van der Waals surface area contributed by atoms with Crippen LogP contribution in [0.1, 0.15) is 36.9 Å². The molecule has 3 amide bonds. The van der Waals surface area contributed by atoms with Gasteiger partial charge in [-0.1, -0.05) is 35.3 Å². The molecule has 37 heavy (non-hydrogen) atoms. The van der Waals surface area contributed by atoms with E-state index >= 15 is 0 Å². The third kappa shape index (κ3) is 6.89. The maximum absolute atomic E-state index is 12.8. The molecule has 2 aromatic rings. The highest BCUT2D eigenvalue weighted by Gasteiger charge is 2.36. The zero-order valence-corrected chi connectivity index (χ0v) is 22.0. The van der Waals surface area contributed by atoms with E-state index in [-0.39, 0.29) is 30.6 Å². The molecule has 0 bridgehead atoms. The van der Waals surface area contributed by atoms with Crippen LogP contribution in [0.5, 0.6) is 0 Å². The average Bonchev–Trinajstić information content (AvgIpc) is 3.10. The predicted octanol–water partition coefficient (Wildman–Crippen LogP) is 3.36. The van der Waals surface area contributed by atoms with Crippen molar-refractivity contribution in [1.82, 2.24) is 19.7 Å². The molecule has 4 rings (SSSR count). The standard InChI is InChI=1S/C27H30Cl2N4O4/c28-21-6-4-20(19-22(21)29)5-7-24(34)31-13-8-25(35)32(18-17-31)14-9-26(36)33-15-10-27(37,11-16-33)23-3-1-2-12-30-23/h1-7,12,19,37H,8-11,13-18H2. The van der Waals surface area contributed by atoms with Crippen LogP contribution in [0.3, 0.4) is 0 Å². The third-order valence-electron chi connectivity index (χ3n) is 6.94. The van der Waals surface area contributed by atoms with E-state index in [9.17, 15) is 19.5 Å². The number of pyridine rings is 1.